The Hall–Kier alpha value is -3.47. The molecule has 0 aromatic heterocycles. The van der Waals surface area contributed by atoms with Crippen molar-refractivity contribution in [3.63, 3.8) is 0 Å². The minimum atomic E-state index is -0.994. The van der Waals surface area contributed by atoms with Crippen LogP contribution < -0.4 is 0 Å². The third kappa shape index (κ3) is 3.87. The molecule has 0 aliphatic heterocycles. The molecular formula is C22H19NO4. The maximum atomic E-state index is 12.8. The number of ether oxygens (including phenoxy) is 1. The summed E-state index contributed by atoms with van der Waals surface area (Å²) in [5.41, 5.74) is 1.94. The number of nitro benzene ring substituents is 1. The number of carbonyl (C=O) groups is 1. The van der Waals surface area contributed by atoms with Gasteiger partial charge in [-0.3, -0.25) is 10.1 Å². The van der Waals surface area contributed by atoms with Crippen LogP contribution in [-0.2, 0) is 10.3 Å². The molecule has 0 N–H and O–H groups in total. The molecule has 27 heavy (non-hydrogen) atoms. The maximum Gasteiger partial charge on any atom is 0.339 e. The van der Waals surface area contributed by atoms with Crippen molar-refractivity contribution in [1.29, 1.82) is 0 Å². The summed E-state index contributed by atoms with van der Waals surface area (Å²) in [6.45, 7) is 3.83. The fourth-order valence-electron chi connectivity index (χ4n) is 2.95. The summed E-state index contributed by atoms with van der Waals surface area (Å²) in [5.74, 6) is -0.544. The molecule has 0 aliphatic carbocycles. The molecule has 0 fully saturated rings. The number of carbonyl (C=O) groups excluding carboxylic acids is 1. The average molecular weight is 361 g/mol. The van der Waals surface area contributed by atoms with Crippen LogP contribution in [0.15, 0.2) is 78.9 Å². The van der Waals surface area contributed by atoms with Crippen LogP contribution in [0.25, 0.3) is 0 Å². The Morgan fingerprint density at radius 2 is 1.56 bits per heavy atom. The number of nitro groups is 1. The molecule has 3 aromatic rings. The van der Waals surface area contributed by atoms with Gasteiger partial charge in [0.2, 0.25) is 0 Å². The maximum absolute atomic E-state index is 12.8. The Labute approximate surface area is 157 Å². The van der Waals surface area contributed by atoms with Gasteiger partial charge in [-0.15, -0.1) is 0 Å². The summed E-state index contributed by atoms with van der Waals surface area (Å²) < 4.78 is 5.94. The molecule has 0 amide bonds. The van der Waals surface area contributed by atoms with Gasteiger partial charge in [0, 0.05) is 17.7 Å². The van der Waals surface area contributed by atoms with E-state index in [1.165, 1.54) is 24.3 Å². The molecule has 3 aromatic carbocycles. The minimum Gasteiger partial charge on any atom is -0.446 e. The first-order chi connectivity index (χ1) is 12.9. The highest BCUT2D eigenvalue weighted by Gasteiger charge is 2.33. The van der Waals surface area contributed by atoms with Crippen LogP contribution in [-0.4, -0.2) is 10.9 Å². The number of aryl methyl sites for hydroxylation is 1. The van der Waals surface area contributed by atoms with Gasteiger partial charge in [-0.1, -0.05) is 60.2 Å². The lowest BCUT2D eigenvalue weighted by Gasteiger charge is -2.31. The summed E-state index contributed by atoms with van der Waals surface area (Å²) in [7, 11) is 0. The van der Waals surface area contributed by atoms with E-state index in [0.29, 0.717) is 0 Å². The number of esters is 1. The van der Waals surface area contributed by atoms with E-state index >= 15 is 0 Å². The van der Waals surface area contributed by atoms with Crippen LogP contribution in [0.2, 0.25) is 0 Å². The van der Waals surface area contributed by atoms with Crippen molar-refractivity contribution in [1.82, 2.24) is 0 Å². The second-order valence-electron chi connectivity index (χ2n) is 6.46. The average Bonchev–Trinajstić information content (AvgIpc) is 2.68. The summed E-state index contributed by atoms with van der Waals surface area (Å²) in [6, 6.07) is 22.7. The molecule has 5 nitrogen and oxygen atoms in total. The van der Waals surface area contributed by atoms with Crippen LogP contribution in [0.4, 0.5) is 5.69 Å². The highest BCUT2D eigenvalue weighted by molar-refractivity contribution is 5.90. The standard InChI is InChI=1S/C22H19NO4/c1-16-7-6-10-19(15-16)22(2,18-8-4-3-5-9-18)27-21(24)17-11-13-20(14-12-17)23(25)26/h3-15H,1-2H3. The van der Waals surface area contributed by atoms with Crippen molar-refractivity contribution in [2.75, 3.05) is 0 Å². The number of benzene rings is 3. The zero-order valence-electron chi connectivity index (χ0n) is 15.1. The highest BCUT2D eigenvalue weighted by Crippen LogP contribution is 2.34. The van der Waals surface area contributed by atoms with Crippen molar-refractivity contribution in [3.05, 3.63) is 111 Å². The zero-order chi connectivity index (χ0) is 19.4. The summed E-state index contributed by atoms with van der Waals surface area (Å²) in [6.07, 6.45) is 0. The van der Waals surface area contributed by atoms with E-state index < -0.39 is 16.5 Å². The first-order valence-corrected chi connectivity index (χ1v) is 8.50. The van der Waals surface area contributed by atoms with E-state index in [1.807, 2.05) is 68.4 Å². The van der Waals surface area contributed by atoms with Crippen molar-refractivity contribution >= 4 is 11.7 Å². The Balaban J connectivity index is 1.99. The fraction of sp³-hybridized carbons (Fsp3) is 0.136. The smallest absolute Gasteiger partial charge is 0.339 e. The number of nitrogens with zero attached hydrogens (tertiary/aromatic N) is 1. The second kappa shape index (κ2) is 7.41. The topological polar surface area (TPSA) is 69.4 Å². The molecule has 5 heteroatoms. The van der Waals surface area contributed by atoms with Gasteiger partial charge >= 0.3 is 5.97 Å². The number of rotatable bonds is 5. The van der Waals surface area contributed by atoms with Gasteiger partial charge in [0.25, 0.3) is 5.69 Å². The van der Waals surface area contributed by atoms with Gasteiger partial charge in [0.1, 0.15) is 0 Å². The van der Waals surface area contributed by atoms with Crippen LogP contribution in [0.3, 0.4) is 0 Å². The molecule has 0 saturated carbocycles. The van der Waals surface area contributed by atoms with Gasteiger partial charge in [-0.2, -0.15) is 0 Å². The SMILES string of the molecule is Cc1cccc(C(C)(OC(=O)c2ccc([N+](=O)[O-])cc2)c2ccccc2)c1. The van der Waals surface area contributed by atoms with E-state index in [9.17, 15) is 14.9 Å². The number of hydrogen-bond donors (Lipinski definition) is 0. The van der Waals surface area contributed by atoms with E-state index in [-0.39, 0.29) is 11.3 Å². The Bertz CT molecular complexity index is 967. The summed E-state index contributed by atoms with van der Waals surface area (Å²) in [5, 5.41) is 10.8. The van der Waals surface area contributed by atoms with Crippen LogP contribution in [0, 0.1) is 17.0 Å². The lowest BCUT2D eigenvalue weighted by molar-refractivity contribution is -0.384. The molecular weight excluding hydrogens is 342 g/mol. The summed E-state index contributed by atoms with van der Waals surface area (Å²) in [4.78, 5) is 23.1. The van der Waals surface area contributed by atoms with Crippen molar-refractivity contribution in [2.45, 2.75) is 19.4 Å². The summed E-state index contributed by atoms with van der Waals surface area (Å²) >= 11 is 0. The first-order valence-electron chi connectivity index (χ1n) is 8.50. The molecule has 0 aliphatic rings. The molecule has 0 bridgehead atoms. The normalized spacial score (nSPS) is 12.8. The van der Waals surface area contributed by atoms with E-state index in [4.69, 9.17) is 4.74 Å². The largest absolute Gasteiger partial charge is 0.446 e. The molecule has 3 rings (SSSR count). The minimum absolute atomic E-state index is 0.0731. The number of non-ortho nitro benzene ring substituents is 1. The molecule has 1 atom stereocenters. The Morgan fingerprint density at radius 3 is 2.15 bits per heavy atom. The Morgan fingerprint density at radius 1 is 0.926 bits per heavy atom. The van der Waals surface area contributed by atoms with E-state index in [1.54, 1.807) is 0 Å². The van der Waals surface area contributed by atoms with E-state index in [0.717, 1.165) is 16.7 Å². The van der Waals surface area contributed by atoms with Crippen LogP contribution in [0.5, 0.6) is 0 Å². The quantitative estimate of drug-likeness (QED) is 0.363. The fourth-order valence-corrected chi connectivity index (χ4v) is 2.95. The molecule has 0 radical (unpaired) electrons. The lowest BCUT2D eigenvalue weighted by Crippen LogP contribution is -2.30. The predicted octanol–water partition coefficient (Wildman–Crippen LogP) is 5.02. The third-order valence-electron chi connectivity index (χ3n) is 4.50. The van der Waals surface area contributed by atoms with Crippen LogP contribution >= 0.6 is 0 Å². The van der Waals surface area contributed by atoms with Crippen LogP contribution in [0.1, 0.15) is 34.0 Å². The van der Waals surface area contributed by atoms with Gasteiger partial charge < -0.3 is 4.74 Å². The van der Waals surface area contributed by atoms with Gasteiger partial charge in [0.15, 0.2) is 5.60 Å². The third-order valence-corrected chi connectivity index (χ3v) is 4.50. The van der Waals surface area contributed by atoms with E-state index in [2.05, 4.69) is 0 Å². The molecule has 0 saturated heterocycles. The zero-order valence-corrected chi connectivity index (χ0v) is 15.1. The van der Waals surface area contributed by atoms with Gasteiger partial charge in [0.05, 0.1) is 10.5 Å². The first kappa shape index (κ1) is 18.3. The van der Waals surface area contributed by atoms with Gasteiger partial charge in [-0.05, 0) is 31.5 Å². The molecule has 0 heterocycles. The highest BCUT2D eigenvalue weighted by atomic mass is 16.6. The van der Waals surface area contributed by atoms with Gasteiger partial charge in [-0.25, -0.2) is 4.79 Å². The second-order valence-corrected chi connectivity index (χ2v) is 6.46. The molecule has 0 spiro atoms. The lowest BCUT2D eigenvalue weighted by atomic mass is 9.87. The Kier molecular flexibility index (Phi) is 5.03. The molecule has 1 unspecified atom stereocenters. The van der Waals surface area contributed by atoms with Crippen molar-refractivity contribution < 1.29 is 14.5 Å². The number of hydrogen-bond acceptors (Lipinski definition) is 4. The van der Waals surface area contributed by atoms with Crippen molar-refractivity contribution in [2.24, 2.45) is 0 Å². The molecule has 136 valence electrons. The monoisotopic (exact) mass is 361 g/mol. The predicted molar refractivity (Wildman–Crippen MR) is 103 cm³/mol. The van der Waals surface area contributed by atoms with Crippen molar-refractivity contribution in [3.8, 4) is 0 Å².